The van der Waals surface area contributed by atoms with Gasteiger partial charge >= 0.3 is 0 Å². The minimum atomic E-state index is 0.198. The minimum Gasteiger partial charge on any atom is -0.326 e. The summed E-state index contributed by atoms with van der Waals surface area (Å²) in [6.07, 6.45) is 7.05. The highest BCUT2D eigenvalue weighted by Crippen LogP contribution is 2.24. The molecule has 1 amide bonds. The molecule has 1 fully saturated rings. The zero-order valence-corrected chi connectivity index (χ0v) is 12.2. The van der Waals surface area contributed by atoms with Gasteiger partial charge in [-0.3, -0.25) is 4.79 Å². The van der Waals surface area contributed by atoms with Gasteiger partial charge in [-0.15, -0.1) is 0 Å². The smallest absolute Gasteiger partial charge is 0.227 e. The van der Waals surface area contributed by atoms with E-state index in [4.69, 9.17) is 0 Å². The van der Waals surface area contributed by atoms with Crippen LogP contribution in [0.3, 0.4) is 0 Å². The molecule has 98 valence electrons. The van der Waals surface area contributed by atoms with Crippen LogP contribution >= 0.6 is 15.9 Å². The fraction of sp³-hybridized carbons (Fsp3) is 0.533. The van der Waals surface area contributed by atoms with Crippen molar-refractivity contribution in [3.05, 3.63) is 29.8 Å². The van der Waals surface area contributed by atoms with Crippen LogP contribution in [0.5, 0.6) is 0 Å². The van der Waals surface area contributed by atoms with E-state index in [1.807, 2.05) is 24.3 Å². The van der Waals surface area contributed by atoms with Crippen molar-refractivity contribution in [3.63, 3.8) is 0 Å². The molecular formula is C15H20BrNO. The van der Waals surface area contributed by atoms with E-state index in [2.05, 4.69) is 21.2 Å². The topological polar surface area (TPSA) is 29.1 Å². The number of carbonyl (C=O) groups excluding carboxylic acids is 1. The first-order chi connectivity index (χ1) is 8.79. The SMILES string of the molecule is O=C(Nc1ccc(CBr)cc1)C1CCCCCC1. The van der Waals surface area contributed by atoms with E-state index in [0.29, 0.717) is 0 Å². The molecule has 0 atom stereocenters. The van der Waals surface area contributed by atoms with Crippen molar-refractivity contribution in [2.75, 3.05) is 5.32 Å². The molecular weight excluding hydrogens is 290 g/mol. The zero-order chi connectivity index (χ0) is 12.8. The lowest BCUT2D eigenvalue weighted by Crippen LogP contribution is -2.22. The van der Waals surface area contributed by atoms with Gasteiger partial charge < -0.3 is 5.32 Å². The second-order valence-corrected chi connectivity index (χ2v) is 5.57. The Balaban J connectivity index is 1.92. The summed E-state index contributed by atoms with van der Waals surface area (Å²) in [5.41, 5.74) is 2.14. The van der Waals surface area contributed by atoms with Crippen LogP contribution in [-0.4, -0.2) is 5.91 Å². The van der Waals surface area contributed by atoms with Crippen LogP contribution in [-0.2, 0) is 10.1 Å². The molecule has 0 unspecified atom stereocenters. The summed E-state index contributed by atoms with van der Waals surface area (Å²) in [6, 6.07) is 8.03. The number of benzene rings is 1. The summed E-state index contributed by atoms with van der Waals surface area (Å²) >= 11 is 3.42. The molecule has 1 saturated carbocycles. The van der Waals surface area contributed by atoms with E-state index < -0.39 is 0 Å². The summed E-state index contributed by atoms with van der Waals surface area (Å²) in [4.78, 5) is 12.2. The lowest BCUT2D eigenvalue weighted by Gasteiger charge is -2.14. The molecule has 2 nitrogen and oxygen atoms in total. The van der Waals surface area contributed by atoms with Crippen molar-refractivity contribution in [1.29, 1.82) is 0 Å². The quantitative estimate of drug-likeness (QED) is 0.647. The molecule has 0 aliphatic heterocycles. The van der Waals surface area contributed by atoms with Crippen LogP contribution in [0.2, 0.25) is 0 Å². The molecule has 18 heavy (non-hydrogen) atoms. The molecule has 0 radical (unpaired) electrons. The first kappa shape index (κ1) is 13.6. The van der Waals surface area contributed by atoms with Gasteiger partial charge in [0.2, 0.25) is 5.91 Å². The molecule has 1 aliphatic carbocycles. The van der Waals surface area contributed by atoms with E-state index in [0.717, 1.165) is 23.9 Å². The molecule has 0 aromatic heterocycles. The third-order valence-corrected chi connectivity index (χ3v) is 4.25. The largest absolute Gasteiger partial charge is 0.326 e. The number of hydrogen-bond donors (Lipinski definition) is 1. The van der Waals surface area contributed by atoms with E-state index >= 15 is 0 Å². The predicted octanol–water partition coefficient (Wildman–Crippen LogP) is 4.49. The monoisotopic (exact) mass is 309 g/mol. The second kappa shape index (κ2) is 6.93. The van der Waals surface area contributed by atoms with Crippen LogP contribution < -0.4 is 5.32 Å². The van der Waals surface area contributed by atoms with Crippen molar-refractivity contribution < 1.29 is 4.79 Å². The number of halogens is 1. The first-order valence-corrected chi connectivity index (χ1v) is 7.87. The number of rotatable bonds is 3. The van der Waals surface area contributed by atoms with Gasteiger partial charge in [0.15, 0.2) is 0 Å². The highest BCUT2D eigenvalue weighted by molar-refractivity contribution is 9.08. The Bertz CT molecular complexity index is 380. The minimum absolute atomic E-state index is 0.198. The van der Waals surface area contributed by atoms with Gasteiger partial charge in [0.1, 0.15) is 0 Å². The summed E-state index contributed by atoms with van der Waals surface area (Å²) in [5.74, 6) is 0.409. The number of amides is 1. The molecule has 1 aromatic rings. The lowest BCUT2D eigenvalue weighted by atomic mass is 9.99. The van der Waals surface area contributed by atoms with Gasteiger partial charge in [-0.25, -0.2) is 0 Å². The maximum atomic E-state index is 12.2. The second-order valence-electron chi connectivity index (χ2n) is 5.01. The zero-order valence-electron chi connectivity index (χ0n) is 10.6. The standard InChI is InChI=1S/C15H20BrNO/c16-11-12-7-9-14(10-8-12)17-15(18)13-5-3-1-2-4-6-13/h7-10,13H,1-6,11H2,(H,17,18). The van der Waals surface area contributed by atoms with Crippen LogP contribution in [0.1, 0.15) is 44.1 Å². The molecule has 1 aromatic carbocycles. The first-order valence-electron chi connectivity index (χ1n) is 6.75. The molecule has 0 spiro atoms. The summed E-state index contributed by atoms with van der Waals surface area (Å²) in [5, 5.41) is 3.89. The predicted molar refractivity (Wildman–Crippen MR) is 78.9 cm³/mol. The van der Waals surface area contributed by atoms with Gasteiger partial charge in [0.05, 0.1) is 0 Å². The third-order valence-electron chi connectivity index (χ3n) is 3.60. The molecule has 0 saturated heterocycles. The Morgan fingerprint density at radius 2 is 1.72 bits per heavy atom. The molecule has 2 rings (SSSR count). The van der Waals surface area contributed by atoms with Crippen molar-refractivity contribution in [3.8, 4) is 0 Å². The molecule has 0 bridgehead atoms. The van der Waals surface area contributed by atoms with Gasteiger partial charge in [-0.05, 0) is 30.5 Å². The van der Waals surface area contributed by atoms with Crippen LogP contribution in [0.4, 0.5) is 5.69 Å². The summed E-state index contributed by atoms with van der Waals surface area (Å²) in [6.45, 7) is 0. The van der Waals surface area contributed by atoms with Crippen molar-refractivity contribution >= 4 is 27.5 Å². The van der Waals surface area contributed by atoms with Crippen LogP contribution in [0.25, 0.3) is 0 Å². The maximum absolute atomic E-state index is 12.2. The number of hydrogen-bond acceptors (Lipinski definition) is 1. The molecule has 0 heterocycles. The Labute approximate surface area is 117 Å². The van der Waals surface area contributed by atoms with Crippen LogP contribution in [0.15, 0.2) is 24.3 Å². The summed E-state index contributed by atoms with van der Waals surface area (Å²) < 4.78 is 0. The molecule has 1 aliphatic rings. The number of anilines is 1. The van der Waals surface area contributed by atoms with Crippen molar-refractivity contribution in [2.24, 2.45) is 5.92 Å². The fourth-order valence-electron chi connectivity index (χ4n) is 2.46. The average molecular weight is 310 g/mol. The van der Waals surface area contributed by atoms with E-state index in [1.165, 1.54) is 31.2 Å². The lowest BCUT2D eigenvalue weighted by molar-refractivity contribution is -0.120. The Morgan fingerprint density at radius 1 is 1.11 bits per heavy atom. The Hall–Kier alpha value is -0.830. The Kier molecular flexibility index (Phi) is 5.24. The van der Waals surface area contributed by atoms with Crippen LogP contribution in [0, 0.1) is 5.92 Å². The highest BCUT2D eigenvalue weighted by atomic mass is 79.9. The van der Waals surface area contributed by atoms with Gasteiger partial charge in [0.25, 0.3) is 0 Å². The average Bonchev–Trinajstić information content (AvgIpc) is 2.68. The Morgan fingerprint density at radius 3 is 2.28 bits per heavy atom. The highest BCUT2D eigenvalue weighted by Gasteiger charge is 2.19. The fourth-order valence-corrected chi connectivity index (χ4v) is 2.84. The third kappa shape index (κ3) is 3.84. The van der Waals surface area contributed by atoms with Gasteiger partial charge in [-0.1, -0.05) is 53.7 Å². The van der Waals surface area contributed by atoms with E-state index in [1.54, 1.807) is 0 Å². The van der Waals surface area contributed by atoms with Crippen molar-refractivity contribution in [2.45, 2.75) is 43.9 Å². The number of nitrogens with one attached hydrogen (secondary N) is 1. The van der Waals surface area contributed by atoms with Gasteiger partial charge in [-0.2, -0.15) is 0 Å². The van der Waals surface area contributed by atoms with E-state index in [-0.39, 0.29) is 11.8 Å². The van der Waals surface area contributed by atoms with Gasteiger partial charge in [0, 0.05) is 16.9 Å². The van der Waals surface area contributed by atoms with Crippen molar-refractivity contribution in [1.82, 2.24) is 0 Å². The van der Waals surface area contributed by atoms with E-state index in [9.17, 15) is 4.79 Å². The number of alkyl halides is 1. The number of carbonyl (C=O) groups is 1. The molecule has 3 heteroatoms. The normalized spacial score (nSPS) is 17.2. The molecule has 1 N–H and O–H groups in total. The summed E-state index contributed by atoms with van der Waals surface area (Å²) in [7, 11) is 0. The maximum Gasteiger partial charge on any atom is 0.227 e.